The molecule has 0 aliphatic carbocycles. The molecule has 2 aromatic rings. The Balaban J connectivity index is 0.00000161. The number of β-lactam (4-membered cyclic amide) rings is 1. The van der Waals surface area contributed by atoms with Gasteiger partial charge in [-0.2, -0.15) is 0 Å². The van der Waals surface area contributed by atoms with E-state index in [0.29, 0.717) is 13.0 Å². The minimum Gasteiger partial charge on any atom is -0.331 e. The van der Waals surface area contributed by atoms with E-state index in [1.807, 2.05) is 59.6 Å². The molecule has 21 heavy (non-hydrogen) atoms. The van der Waals surface area contributed by atoms with Crippen LogP contribution in [-0.4, -0.2) is 21.8 Å². The smallest absolute Gasteiger partial charge is 0.225 e. The van der Waals surface area contributed by atoms with Gasteiger partial charge in [0.1, 0.15) is 0 Å². The van der Waals surface area contributed by atoms with Crippen molar-refractivity contribution in [1.82, 2.24) is 9.88 Å². The van der Waals surface area contributed by atoms with Gasteiger partial charge in [-0.05, 0) is 17.2 Å². The Kier molecular flexibility index (Phi) is 5.12. The summed E-state index contributed by atoms with van der Waals surface area (Å²) in [6.07, 6.45) is 8.29. The first kappa shape index (κ1) is 15.3. The molecule has 3 rings (SSSR count). The molecule has 1 saturated heterocycles. The van der Waals surface area contributed by atoms with Crippen LogP contribution < -0.4 is 0 Å². The molecule has 1 amide bonds. The Morgan fingerprint density at radius 1 is 1.19 bits per heavy atom. The average Bonchev–Trinajstić information content (AvgIpc) is 2.51. The molecule has 0 radical (unpaired) electrons. The molecular formula is C17H17ClN2O. The zero-order valence-electron chi connectivity index (χ0n) is 11.6. The van der Waals surface area contributed by atoms with Crippen LogP contribution in [0.5, 0.6) is 0 Å². The number of hydrogen-bond donors (Lipinski definition) is 0. The van der Waals surface area contributed by atoms with E-state index in [2.05, 4.69) is 11.1 Å². The van der Waals surface area contributed by atoms with E-state index in [-0.39, 0.29) is 24.4 Å². The third kappa shape index (κ3) is 3.70. The number of carbonyl (C=O) groups is 1. The predicted molar refractivity (Wildman–Crippen MR) is 85.9 cm³/mol. The molecule has 1 aliphatic rings. The molecule has 0 N–H and O–H groups in total. The van der Waals surface area contributed by atoms with Crippen LogP contribution in [0, 0.1) is 0 Å². The van der Waals surface area contributed by atoms with Crippen LogP contribution in [0.15, 0.2) is 60.9 Å². The number of aromatic nitrogens is 1. The summed E-state index contributed by atoms with van der Waals surface area (Å²) >= 11 is 0. The molecule has 1 aromatic heterocycles. The topological polar surface area (TPSA) is 33.2 Å². The summed E-state index contributed by atoms with van der Waals surface area (Å²) < 4.78 is 0. The van der Waals surface area contributed by atoms with E-state index in [4.69, 9.17) is 0 Å². The summed E-state index contributed by atoms with van der Waals surface area (Å²) in [5.74, 6) is 0.217. The molecule has 1 aliphatic heterocycles. The first-order chi connectivity index (χ1) is 9.83. The number of rotatable bonds is 4. The van der Waals surface area contributed by atoms with Crippen molar-refractivity contribution in [2.75, 3.05) is 0 Å². The summed E-state index contributed by atoms with van der Waals surface area (Å²) in [6, 6.07) is 14.2. The lowest BCUT2D eigenvalue weighted by Crippen LogP contribution is -2.50. The largest absolute Gasteiger partial charge is 0.331 e. The lowest BCUT2D eigenvalue weighted by atomic mass is 9.99. The quantitative estimate of drug-likeness (QED) is 0.812. The first-order valence-corrected chi connectivity index (χ1v) is 6.74. The molecule has 0 saturated carbocycles. The van der Waals surface area contributed by atoms with Crippen LogP contribution in [0.1, 0.15) is 17.5 Å². The lowest BCUT2D eigenvalue weighted by Gasteiger charge is -2.39. The van der Waals surface area contributed by atoms with Gasteiger partial charge in [0, 0.05) is 18.9 Å². The second-order valence-electron chi connectivity index (χ2n) is 4.92. The Hall–Kier alpha value is -2.13. The molecular weight excluding hydrogens is 284 g/mol. The minimum absolute atomic E-state index is 0. The molecule has 1 unspecified atom stereocenters. The number of likely N-dealkylation sites (tertiary alicyclic amines) is 1. The summed E-state index contributed by atoms with van der Waals surface area (Å²) in [6.45, 7) is 0.682. The van der Waals surface area contributed by atoms with Crippen LogP contribution >= 0.6 is 12.4 Å². The van der Waals surface area contributed by atoms with Gasteiger partial charge in [-0.25, -0.2) is 0 Å². The van der Waals surface area contributed by atoms with Crippen molar-refractivity contribution in [2.24, 2.45) is 0 Å². The summed E-state index contributed by atoms with van der Waals surface area (Å²) in [5.41, 5.74) is 2.23. The Labute approximate surface area is 130 Å². The van der Waals surface area contributed by atoms with Gasteiger partial charge in [0.2, 0.25) is 5.91 Å². The molecule has 0 spiro atoms. The SMILES string of the molecule is Cl.O=C1CC(C=Cc2cccnc2)N1Cc1ccccc1. The van der Waals surface area contributed by atoms with E-state index in [1.165, 1.54) is 5.56 Å². The first-order valence-electron chi connectivity index (χ1n) is 6.74. The highest BCUT2D eigenvalue weighted by atomic mass is 35.5. The molecule has 2 heterocycles. The number of halogens is 1. The van der Waals surface area contributed by atoms with Crippen LogP contribution in [0.2, 0.25) is 0 Å². The molecule has 1 fully saturated rings. The Morgan fingerprint density at radius 3 is 2.67 bits per heavy atom. The van der Waals surface area contributed by atoms with Gasteiger partial charge in [0.25, 0.3) is 0 Å². The number of amides is 1. The van der Waals surface area contributed by atoms with Crippen molar-refractivity contribution in [2.45, 2.75) is 19.0 Å². The van der Waals surface area contributed by atoms with E-state index < -0.39 is 0 Å². The third-order valence-electron chi connectivity index (χ3n) is 3.50. The van der Waals surface area contributed by atoms with Gasteiger partial charge in [-0.1, -0.05) is 48.6 Å². The summed E-state index contributed by atoms with van der Waals surface area (Å²) in [7, 11) is 0. The maximum Gasteiger partial charge on any atom is 0.225 e. The Morgan fingerprint density at radius 2 is 2.00 bits per heavy atom. The number of pyridine rings is 1. The molecule has 108 valence electrons. The highest BCUT2D eigenvalue weighted by Gasteiger charge is 2.33. The number of nitrogens with zero attached hydrogens (tertiary/aromatic N) is 2. The van der Waals surface area contributed by atoms with Gasteiger partial charge in [0.05, 0.1) is 12.5 Å². The van der Waals surface area contributed by atoms with Crippen LogP contribution in [0.25, 0.3) is 6.08 Å². The fourth-order valence-electron chi connectivity index (χ4n) is 2.33. The van der Waals surface area contributed by atoms with E-state index in [0.717, 1.165) is 5.56 Å². The van der Waals surface area contributed by atoms with Crippen molar-refractivity contribution in [3.05, 3.63) is 72.1 Å². The highest BCUT2D eigenvalue weighted by molar-refractivity contribution is 5.85. The normalized spacial score (nSPS) is 17.4. The molecule has 1 atom stereocenters. The van der Waals surface area contributed by atoms with Gasteiger partial charge >= 0.3 is 0 Å². The second kappa shape index (κ2) is 7.04. The molecule has 0 bridgehead atoms. The minimum atomic E-state index is 0. The lowest BCUT2D eigenvalue weighted by molar-refractivity contribution is -0.144. The monoisotopic (exact) mass is 300 g/mol. The van der Waals surface area contributed by atoms with Crippen molar-refractivity contribution in [3.63, 3.8) is 0 Å². The summed E-state index contributed by atoms with van der Waals surface area (Å²) in [4.78, 5) is 17.7. The fourth-order valence-corrected chi connectivity index (χ4v) is 2.33. The van der Waals surface area contributed by atoms with Crippen molar-refractivity contribution >= 4 is 24.4 Å². The maximum absolute atomic E-state index is 11.7. The van der Waals surface area contributed by atoms with Crippen LogP contribution in [0.4, 0.5) is 0 Å². The molecule has 4 heteroatoms. The van der Waals surface area contributed by atoms with Gasteiger partial charge in [-0.3, -0.25) is 9.78 Å². The second-order valence-corrected chi connectivity index (χ2v) is 4.92. The highest BCUT2D eigenvalue weighted by Crippen LogP contribution is 2.23. The van der Waals surface area contributed by atoms with Crippen LogP contribution in [0.3, 0.4) is 0 Å². The summed E-state index contributed by atoms with van der Waals surface area (Å²) in [5, 5.41) is 0. The van der Waals surface area contributed by atoms with Crippen molar-refractivity contribution < 1.29 is 4.79 Å². The van der Waals surface area contributed by atoms with Crippen molar-refractivity contribution in [3.8, 4) is 0 Å². The predicted octanol–water partition coefficient (Wildman–Crippen LogP) is 3.32. The maximum atomic E-state index is 11.7. The van der Waals surface area contributed by atoms with E-state index in [9.17, 15) is 4.79 Å². The standard InChI is InChI=1S/C17H16N2O.ClH/c20-17-11-16(9-8-14-7-4-10-18-12-14)19(17)13-15-5-2-1-3-6-15;/h1-10,12,16H,11,13H2;1H. The number of carbonyl (C=O) groups excluding carboxylic acids is 1. The zero-order chi connectivity index (χ0) is 13.8. The molecule has 1 aromatic carbocycles. The number of hydrogen-bond acceptors (Lipinski definition) is 2. The Bertz CT molecular complexity index is 613. The van der Waals surface area contributed by atoms with Crippen LogP contribution in [-0.2, 0) is 11.3 Å². The number of benzene rings is 1. The third-order valence-corrected chi connectivity index (χ3v) is 3.50. The van der Waals surface area contributed by atoms with Gasteiger partial charge in [0.15, 0.2) is 0 Å². The van der Waals surface area contributed by atoms with Gasteiger partial charge < -0.3 is 4.90 Å². The fraction of sp³-hybridized carbons (Fsp3) is 0.176. The average molecular weight is 301 g/mol. The van der Waals surface area contributed by atoms with Crippen molar-refractivity contribution in [1.29, 1.82) is 0 Å². The van der Waals surface area contributed by atoms with E-state index in [1.54, 1.807) is 6.20 Å². The van der Waals surface area contributed by atoms with E-state index >= 15 is 0 Å². The molecule has 3 nitrogen and oxygen atoms in total. The van der Waals surface area contributed by atoms with Gasteiger partial charge in [-0.15, -0.1) is 12.4 Å². The zero-order valence-corrected chi connectivity index (χ0v) is 12.4.